The predicted molar refractivity (Wildman–Crippen MR) is 38.4 cm³/mol. The van der Waals surface area contributed by atoms with E-state index in [1.54, 1.807) is 6.92 Å². The number of nitrogens with two attached hydrogens (primary N) is 1. The van der Waals surface area contributed by atoms with Gasteiger partial charge in [0.15, 0.2) is 0 Å². The zero-order chi connectivity index (χ0) is 7.49. The van der Waals surface area contributed by atoms with Crippen molar-refractivity contribution < 1.29 is 4.65 Å². The Balaban J connectivity index is 3.92. The van der Waals surface area contributed by atoms with Crippen LogP contribution in [0.3, 0.4) is 0 Å². The molecule has 0 saturated carbocycles. The molecule has 1 atom stereocenters. The normalized spacial score (nSPS) is 15.7. The minimum atomic E-state index is -0.292. The Morgan fingerprint density at radius 3 is 1.78 bits per heavy atom. The second-order valence-corrected chi connectivity index (χ2v) is 2.33. The molecule has 0 amide bonds. The summed E-state index contributed by atoms with van der Waals surface area (Å²) in [6, 6.07) is 0. The number of hydrogen-bond donors (Lipinski definition) is 1. The molecule has 0 heterocycles. The molecule has 1 unspecified atom stereocenters. The van der Waals surface area contributed by atoms with E-state index in [0.717, 1.165) is 0 Å². The number of rotatable bonds is 3. The quantitative estimate of drug-likeness (QED) is 0.348. The Morgan fingerprint density at radius 2 is 1.78 bits per heavy atom. The van der Waals surface area contributed by atoms with Crippen LogP contribution in [-0.2, 0) is 0 Å². The molecule has 0 aromatic heterocycles. The largest absolute Gasteiger partial charge is 0.632 e. The number of hydroxylamine groups is 3. The highest BCUT2D eigenvalue weighted by Gasteiger charge is 2.15. The fourth-order valence-electron chi connectivity index (χ4n) is 0.800. The van der Waals surface area contributed by atoms with E-state index in [0.29, 0.717) is 13.1 Å². The van der Waals surface area contributed by atoms with Crippen molar-refractivity contribution >= 4 is 0 Å². The smallest absolute Gasteiger partial charge is 0.137 e. The summed E-state index contributed by atoms with van der Waals surface area (Å²) < 4.78 is -0.278. The maximum Gasteiger partial charge on any atom is 0.137 e. The average Bonchev–Trinajstić information content (AvgIpc) is 1.86. The lowest BCUT2D eigenvalue weighted by Crippen LogP contribution is -2.53. The first-order chi connectivity index (χ1) is 4.06. The molecule has 2 N–H and O–H groups in total. The van der Waals surface area contributed by atoms with Gasteiger partial charge in [-0.05, 0) is 13.8 Å². The molecule has 56 valence electrons. The van der Waals surface area contributed by atoms with Gasteiger partial charge in [-0.15, -0.1) is 0 Å². The maximum absolute atomic E-state index is 11.4. The predicted octanol–water partition coefficient (Wildman–Crippen LogP) is 0.645. The topological polar surface area (TPSA) is 49.1 Å². The minimum Gasteiger partial charge on any atom is -0.632 e. The van der Waals surface area contributed by atoms with E-state index in [4.69, 9.17) is 5.73 Å². The Morgan fingerprint density at radius 1 is 1.44 bits per heavy atom. The van der Waals surface area contributed by atoms with Gasteiger partial charge < -0.3 is 9.85 Å². The van der Waals surface area contributed by atoms with Gasteiger partial charge in [-0.1, -0.05) is 0 Å². The van der Waals surface area contributed by atoms with Crippen molar-refractivity contribution in [3.05, 3.63) is 5.21 Å². The summed E-state index contributed by atoms with van der Waals surface area (Å²) in [6.07, 6.45) is -0.292. The third-order valence-corrected chi connectivity index (χ3v) is 1.81. The molecule has 0 rings (SSSR count). The number of hydrogen-bond acceptors (Lipinski definition) is 2. The van der Waals surface area contributed by atoms with Gasteiger partial charge in [0, 0.05) is 6.92 Å². The van der Waals surface area contributed by atoms with Gasteiger partial charge in [0.2, 0.25) is 0 Å². The van der Waals surface area contributed by atoms with Gasteiger partial charge in [0.25, 0.3) is 0 Å². The second kappa shape index (κ2) is 3.15. The summed E-state index contributed by atoms with van der Waals surface area (Å²) in [7, 11) is 0. The maximum atomic E-state index is 11.4. The summed E-state index contributed by atoms with van der Waals surface area (Å²) in [5.74, 6) is 0. The second-order valence-electron chi connectivity index (χ2n) is 2.33. The molecule has 9 heavy (non-hydrogen) atoms. The Bertz CT molecular complexity index is 79.1. The van der Waals surface area contributed by atoms with Crippen molar-refractivity contribution in [2.24, 2.45) is 5.73 Å². The van der Waals surface area contributed by atoms with E-state index < -0.39 is 0 Å². The first-order valence-electron chi connectivity index (χ1n) is 3.40. The highest BCUT2D eigenvalue weighted by Crippen LogP contribution is 2.05. The van der Waals surface area contributed by atoms with Crippen LogP contribution in [0.2, 0.25) is 0 Å². The van der Waals surface area contributed by atoms with E-state index in [1.165, 1.54) is 0 Å². The van der Waals surface area contributed by atoms with Crippen LogP contribution in [0.5, 0.6) is 0 Å². The molecule has 0 spiro atoms. The molecule has 0 aliphatic heterocycles. The summed E-state index contributed by atoms with van der Waals surface area (Å²) in [5.41, 5.74) is 5.45. The summed E-state index contributed by atoms with van der Waals surface area (Å²) in [6.45, 7) is 6.60. The summed E-state index contributed by atoms with van der Waals surface area (Å²) in [5, 5.41) is 11.4. The van der Waals surface area contributed by atoms with Crippen molar-refractivity contribution in [3.63, 3.8) is 0 Å². The van der Waals surface area contributed by atoms with Crippen LogP contribution in [0.25, 0.3) is 0 Å². The van der Waals surface area contributed by atoms with Crippen molar-refractivity contribution in [3.8, 4) is 0 Å². The zero-order valence-corrected chi connectivity index (χ0v) is 6.42. The third kappa shape index (κ3) is 1.93. The van der Waals surface area contributed by atoms with Crippen LogP contribution >= 0.6 is 0 Å². The molecular formula is C6H16N2O. The zero-order valence-electron chi connectivity index (χ0n) is 6.42. The first-order valence-corrected chi connectivity index (χ1v) is 3.40. The molecule has 0 fully saturated rings. The van der Waals surface area contributed by atoms with Crippen molar-refractivity contribution in [1.29, 1.82) is 0 Å². The van der Waals surface area contributed by atoms with Crippen LogP contribution in [-0.4, -0.2) is 23.9 Å². The molecule has 0 aliphatic carbocycles. The van der Waals surface area contributed by atoms with Crippen LogP contribution in [0.4, 0.5) is 0 Å². The standard InChI is InChI=1S/C6H16N2O/c1-4-8(9,5-2)6(3)7/h6H,4-5,7H2,1-3H3. The van der Waals surface area contributed by atoms with E-state index in [-0.39, 0.29) is 10.8 Å². The summed E-state index contributed by atoms with van der Waals surface area (Å²) in [4.78, 5) is 0. The van der Waals surface area contributed by atoms with Crippen LogP contribution < -0.4 is 5.73 Å². The molecular weight excluding hydrogens is 116 g/mol. The Labute approximate surface area is 56.6 Å². The monoisotopic (exact) mass is 132 g/mol. The van der Waals surface area contributed by atoms with Crippen molar-refractivity contribution in [2.75, 3.05) is 13.1 Å². The minimum absolute atomic E-state index is 0.278. The molecule has 0 radical (unpaired) electrons. The summed E-state index contributed by atoms with van der Waals surface area (Å²) >= 11 is 0. The van der Waals surface area contributed by atoms with Crippen LogP contribution in [0.15, 0.2) is 0 Å². The molecule has 3 nitrogen and oxygen atoms in total. The van der Waals surface area contributed by atoms with Gasteiger partial charge in [0.1, 0.15) is 6.17 Å². The van der Waals surface area contributed by atoms with E-state index in [9.17, 15) is 5.21 Å². The van der Waals surface area contributed by atoms with Crippen LogP contribution in [0, 0.1) is 5.21 Å². The first kappa shape index (κ1) is 8.88. The molecule has 0 aromatic carbocycles. The number of quaternary nitrogens is 1. The lowest BCUT2D eigenvalue weighted by Gasteiger charge is -2.44. The molecule has 3 heteroatoms. The lowest BCUT2D eigenvalue weighted by atomic mass is 10.4. The SMILES string of the molecule is CC[N+]([O-])(CC)C(C)N. The van der Waals surface area contributed by atoms with E-state index in [2.05, 4.69) is 0 Å². The van der Waals surface area contributed by atoms with Gasteiger partial charge in [0.05, 0.1) is 13.1 Å². The van der Waals surface area contributed by atoms with E-state index >= 15 is 0 Å². The lowest BCUT2D eigenvalue weighted by molar-refractivity contribution is -0.899. The fraction of sp³-hybridized carbons (Fsp3) is 1.00. The van der Waals surface area contributed by atoms with Crippen molar-refractivity contribution in [2.45, 2.75) is 26.9 Å². The van der Waals surface area contributed by atoms with E-state index in [1.807, 2.05) is 13.8 Å². The highest BCUT2D eigenvalue weighted by molar-refractivity contribution is 4.42. The third-order valence-electron chi connectivity index (χ3n) is 1.81. The van der Waals surface area contributed by atoms with Crippen molar-refractivity contribution in [1.82, 2.24) is 0 Å². The average molecular weight is 132 g/mol. The number of nitrogens with zero attached hydrogens (tertiary/aromatic N) is 1. The fourth-order valence-corrected chi connectivity index (χ4v) is 0.800. The Hall–Kier alpha value is -0.120. The van der Waals surface area contributed by atoms with Gasteiger partial charge in [-0.25, -0.2) is 0 Å². The van der Waals surface area contributed by atoms with Gasteiger partial charge in [-0.3, -0.25) is 5.73 Å². The molecule has 0 bridgehead atoms. The highest BCUT2D eigenvalue weighted by atomic mass is 16.5. The molecule has 0 aromatic rings. The van der Waals surface area contributed by atoms with Crippen LogP contribution in [0.1, 0.15) is 20.8 Å². The Kier molecular flexibility index (Phi) is 3.11. The molecule has 0 aliphatic rings. The van der Waals surface area contributed by atoms with Gasteiger partial charge >= 0.3 is 0 Å². The van der Waals surface area contributed by atoms with Gasteiger partial charge in [-0.2, -0.15) is 0 Å². The molecule has 0 saturated heterocycles.